The smallest absolute Gasteiger partial charge is 0.139 e. The van der Waals surface area contributed by atoms with Gasteiger partial charge in [0.15, 0.2) is 0 Å². The van der Waals surface area contributed by atoms with Gasteiger partial charge in [-0.25, -0.2) is 0 Å². The van der Waals surface area contributed by atoms with Crippen LogP contribution in [0, 0.1) is 0 Å². The molecule has 0 saturated heterocycles. The Labute approximate surface area is 123 Å². The number of rotatable bonds is 3. The van der Waals surface area contributed by atoms with E-state index in [9.17, 15) is 0 Å². The van der Waals surface area contributed by atoms with Crippen LogP contribution in [0.3, 0.4) is 0 Å². The first kappa shape index (κ1) is 14.1. The molecule has 2 rings (SSSR count). The molecule has 0 spiro atoms. The summed E-state index contributed by atoms with van der Waals surface area (Å²) in [6, 6.07) is 10.5. The molecule has 0 fully saturated rings. The van der Waals surface area contributed by atoms with Crippen LogP contribution in [-0.4, -0.2) is 4.98 Å². The highest BCUT2D eigenvalue weighted by atomic mass is 79.9. The van der Waals surface area contributed by atoms with Crippen molar-refractivity contribution in [2.24, 2.45) is 0 Å². The second kappa shape index (κ2) is 5.74. The number of aromatic nitrogens is 1. The molecule has 0 amide bonds. The predicted molar refractivity (Wildman–Crippen MR) is 81.4 cm³/mol. The Morgan fingerprint density at radius 1 is 1.11 bits per heavy atom. The van der Waals surface area contributed by atoms with E-state index in [1.165, 1.54) is 5.56 Å². The first-order valence-electron chi connectivity index (χ1n) is 6.28. The van der Waals surface area contributed by atoms with E-state index in [0.29, 0.717) is 6.61 Å². The Morgan fingerprint density at radius 2 is 1.79 bits per heavy atom. The molecular formula is C16H18BrNO. The molecule has 1 aromatic heterocycles. The van der Waals surface area contributed by atoms with Crippen molar-refractivity contribution < 1.29 is 4.74 Å². The Morgan fingerprint density at radius 3 is 2.37 bits per heavy atom. The zero-order valence-electron chi connectivity index (χ0n) is 11.5. The monoisotopic (exact) mass is 319 g/mol. The lowest BCUT2D eigenvalue weighted by Crippen LogP contribution is -2.10. The van der Waals surface area contributed by atoms with Crippen LogP contribution in [0.25, 0.3) is 0 Å². The lowest BCUT2D eigenvalue weighted by atomic mass is 9.87. The maximum atomic E-state index is 5.71. The number of benzene rings is 1. The first-order valence-corrected chi connectivity index (χ1v) is 7.07. The molecular weight excluding hydrogens is 302 g/mol. The van der Waals surface area contributed by atoms with Crippen molar-refractivity contribution in [1.82, 2.24) is 4.98 Å². The molecule has 100 valence electrons. The highest BCUT2D eigenvalue weighted by Gasteiger charge is 2.12. The summed E-state index contributed by atoms with van der Waals surface area (Å²) in [4.78, 5) is 4.07. The topological polar surface area (TPSA) is 22.1 Å². The molecule has 0 radical (unpaired) electrons. The van der Waals surface area contributed by atoms with Crippen LogP contribution < -0.4 is 4.74 Å². The van der Waals surface area contributed by atoms with E-state index in [0.717, 1.165) is 15.8 Å². The third-order valence-corrected chi connectivity index (χ3v) is 3.34. The van der Waals surface area contributed by atoms with E-state index in [1.807, 2.05) is 6.07 Å². The van der Waals surface area contributed by atoms with Crippen LogP contribution >= 0.6 is 15.9 Å². The van der Waals surface area contributed by atoms with E-state index in [-0.39, 0.29) is 5.41 Å². The first-order chi connectivity index (χ1) is 8.95. The third kappa shape index (κ3) is 4.06. The number of ether oxygens (including phenoxy) is 1. The summed E-state index contributed by atoms with van der Waals surface area (Å²) >= 11 is 3.38. The quantitative estimate of drug-likeness (QED) is 0.816. The van der Waals surface area contributed by atoms with Gasteiger partial charge in [-0.2, -0.15) is 0 Å². The number of halogens is 1. The van der Waals surface area contributed by atoms with Crippen LogP contribution in [0.2, 0.25) is 0 Å². The zero-order chi connectivity index (χ0) is 13.9. The van der Waals surface area contributed by atoms with Crippen LogP contribution in [0.4, 0.5) is 0 Å². The predicted octanol–water partition coefficient (Wildman–Crippen LogP) is 4.72. The molecule has 2 aromatic rings. The standard InChI is InChI=1S/C16H18BrNO/c1-16(2,3)13-6-4-12(5-7-13)11-19-15-8-14(17)9-18-10-15/h4-10H,11H2,1-3H3. The summed E-state index contributed by atoms with van der Waals surface area (Å²) in [7, 11) is 0. The number of pyridine rings is 1. The molecule has 0 aliphatic heterocycles. The Kier molecular flexibility index (Phi) is 4.25. The summed E-state index contributed by atoms with van der Waals surface area (Å²) in [5.41, 5.74) is 2.68. The molecule has 0 bridgehead atoms. The van der Waals surface area contributed by atoms with Gasteiger partial charge >= 0.3 is 0 Å². The average molecular weight is 320 g/mol. The van der Waals surface area contributed by atoms with Gasteiger partial charge in [0.1, 0.15) is 12.4 Å². The largest absolute Gasteiger partial charge is 0.487 e. The van der Waals surface area contributed by atoms with Crippen molar-refractivity contribution in [1.29, 1.82) is 0 Å². The summed E-state index contributed by atoms with van der Waals surface area (Å²) in [6.45, 7) is 7.20. The molecule has 0 atom stereocenters. The molecule has 3 heteroatoms. The van der Waals surface area contributed by atoms with Crippen molar-refractivity contribution >= 4 is 15.9 Å². The summed E-state index contributed by atoms with van der Waals surface area (Å²) < 4.78 is 6.63. The molecule has 0 aliphatic rings. The van der Waals surface area contributed by atoms with Crippen molar-refractivity contribution in [2.45, 2.75) is 32.8 Å². The van der Waals surface area contributed by atoms with E-state index >= 15 is 0 Å². The van der Waals surface area contributed by atoms with E-state index < -0.39 is 0 Å². The van der Waals surface area contributed by atoms with Gasteiger partial charge in [-0.3, -0.25) is 4.98 Å². The molecule has 0 saturated carbocycles. The van der Waals surface area contributed by atoms with Crippen LogP contribution in [0.1, 0.15) is 31.9 Å². The fourth-order valence-electron chi connectivity index (χ4n) is 1.74. The average Bonchev–Trinajstić information content (AvgIpc) is 2.36. The van der Waals surface area contributed by atoms with E-state index in [4.69, 9.17) is 4.74 Å². The number of nitrogens with zero attached hydrogens (tertiary/aromatic N) is 1. The molecule has 2 nitrogen and oxygen atoms in total. The Hall–Kier alpha value is -1.35. The molecule has 0 aliphatic carbocycles. The minimum atomic E-state index is 0.188. The minimum Gasteiger partial charge on any atom is -0.487 e. The SMILES string of the molecule is CC(C)(C)c1ccc(COc2cncc(Br)c2)cc1. The number of hydrogen-bond donors (Lipinski definition) is 0. The van der Waals surface area contributed by atoms with Crippen molar-refractivity contribution in [2.75, 3.05) is 0 Å². The van der Waals surface area contributed by atoms with Crippen LogP contribution in [-0.2, 0) is 12.0 Å². The lowest BCUT2D eigenvalue weighted by molar-refractivity contribution is 0.304. The fourth-order valence-corrected chi connectivity index (χ4v) is 2.08. The maximum Gasteiger partial charge on any atom is 0.139 e. The molecule has 1 aromatic carbocycles. The second-order valence-electron chi connectivity index (χ2n) is 5.57. The molecule has 0 unspecified atom stereocenters. The van der Waals surface area contributed by atoms with E-state index in [2.05, 4.69) is 66.0 Å². The number of hydrogen-bond acceptors (Lipinski definition) is 2. The summed E-state index contributed by atoms with van der Waals surface area (Å²) in [5.74, 6) is 0.772. The highest BCUT2D eigenvalue weighted by Crippen LogP contribution is 2.23. The Bertz CT molecular complexity index is 543. The van der Waals surface area contributed by atoms with Gasteiger partial charge in [0.2, 0.25) is 0 Å². The van der Waals surface area contributed by atoms with Gasteiger partial charge < -0.3 is 4.74 Å². The van der Waals surface area contributed by atoms with Gasteiger partial charge in [-0.15, -0.1) is 0 Å². The normalized spacial score (nSPS) is 11.4. The lowest BCUT2D eigenvalue weighted by Gasteiger charge is -2.19. The highest BCUT2D eigenvalue weighted by molar-refractivity contribution is 9.10. The third-order valence-electron chi connectivity index (χ3n) is 2.91. The fraction of sp³-hybridized carbons (Fsp3) is 0.312. The van der Waals surface area contributed by atoms with Gasteiger partial charge in [-0.05, 0) is 38.5 Å². The van der Waals surface area contributed by atoms with Gasteiger partial charge in [-0.1, -0.05) is 45.0 Å². The van der Waals surface area contributed by atoms with Gasteiger partial charge in [0.05, 0.1) is 6.20 Å². The van der Waals surface area contributed by atoms with Crippen molar-refractivity contribution in [3.8, 4) is 5.75 Å². The summed E-state index contributed by atoms with van der Waals surface area (Å²) in [5, 5.41) is 0. The van der Waals surface area contributed by atoms with Crippen LogP contribution in [0.5, 0.6) is 5.75 Å². The van der Waals surface area contributed by atoms with Gasteiger partial charge in [0, 0.05) is 10.7 Å². The molecule has 1 heterocycles. The van der Waals surface area contributed by atoms with Crippen LogP contribution in [0.15, 0.2) is 47.2 Å². The minimum absolute atomic E-state index is 0.188. The van der Waals surface area contributed by atoms with Gasteiger partial charge in [0.25, 0.3) is 0 Å². The van der Waals surface area contributed by atoms with Crippen molar-refractivity contribution in [3.05, 3.63) is 58.3 Å². The molecule has 19 heavy (non-hydrogen) atoms. The van der Waals surface area contributed by atoms with Crippen molar-refractivity contribution in [3.63, 3.8) is 0 Å². The zero-order valence-corrected chi connectivity index (χ0v) is 13.1. The maximum absolute atomic E-state index is 5.71. The Balaban J connectivity index is 2.01. The second-order valence-corrected chi connectivity index (χ2v) is 6.49. The molecule has 0 N–H and O–H groups in total. The summed E-state index contributed by atoms with van der Waals surface area (Å²) in [6.07, 6.45) is 3.46. The van der Waals surface area contributed by atoms with E-state index in [1.54, 1.807) is 12.4 Å².